The number of Topliss-reactive ketones (excluding diaryl/α,β-unsaturated/α-hetero) is 1. The van der Waals surface area contributed by atoms with Gasteiger partial charge >= 0.3 is 20.8 Å². The number of anilines is 3. The minimum absolute atomic E-state index is 0.00855. The molecule has 0 bridgehead atoms. The van der Waals surface area contributed by atoms with E-state index in [0.717, 1.165) is 27.8 Å². The van der Waals surface area contributed by atoms with Crippen LogP contribution in [0.3, 0.4) is 0 Å². The Morgan fingerprint density at radius 2 is 1.35 bits per heavy atom. The normalized spacial score (nSPS) is 17.7. The molecule has 4 unspecified atom stereocenters. The first-order chi connectivity index (χ1) is 55.0. The maximum Gasteiger partial charge on any atom is 0.411 e. The molecule has 1 aliphatic carbocycles. The zero-order valence-corrected chi connectivity index (χ0v) is 64.2. The van der Waals surface area contributed by atoms with Gasteiger partial charge in [0.1, 0.15) is 67.1 Å². The summed E-state index contributed by atoms with van der Waals surface area (Å²) in [5, 5.41) is 29.3. The molecule has 588 valence electrons. The Morgan fingerprint density at radius 1 is 0.717 bits per heavy atom. The maximum absolute atomic E-state index is 14.0. The van der Waals surface area contributed by atoms with Crippen LogP contribution in [0.1, 0.15) is 108 Å². The van der Waals surface area contributed by atoms with Gasteiger partial charge in [-0.3, -0.25) is 39.1 Å². The number of nitrogens with one attached hydrogen (secondary N) is 4. The van der Waals surface area contributed by atoms with Crippen molar-refractivity contribution in [3.05, 3.63) is 214 Å². The van der Waals surface area contributed by atoms with E-state index in [1.807, 2.05) is 122 Å². The summed E-state index contributed by atoms with van der Waals surface area (Å²) in [4.78, 5) is 106. The third-order valence-corrected chi connectivity index (χ3v) is 21.2. The van der Waals surface area contributed by atoms with Crippen LogP contribution in [0.25, 0.3) is 33.5 Å². The number of nitrogens with zero attached hydrogens (tertiary/aromatic N) is 9. The largest absolute Gasteiger partial charge is 0.497 e. The van der Waals surface area contributed by atoms with Gasteiger partial charge in [0.15, 0.2) is 34.4 Å². The second-order valence-electron chi connectivity index (χ2n) is 26.8. The molecule has 4 aromatic heterocycles. The molecule has 5 N–H and O–H groups in total. The minimum Gasteiger partial charge on any atom is -0.497 e. The Hall–Kier alpha value is -11.1. The molecule has 2 fully saturated rings. The van der Waals surface area contributed by atoms with Crippen LogP contribution in [-0.4, -0.2) is 182 Å². The summed E-state index contributed by atoms with van der Waals surface area (Å²) in [7, 11) is 2.27. The molecule has 6 heterocycles. The summed E-state index contributed by atoms with van der Waals surface area (Å²) in [5.41, 5.74) is 5.63. The summed E-state index contributed by atoms with van der Waals surface area (Å²) in [5.74, 6) is 0.425. The summed E-state index contributed by atoms with van der Waals surface area (Å²) >= 11 is 1.54. The number of benzene rings is 6. The van der Waals surface area contributed by atoms with Gasteiger partial charge in [-0.25, -0.2) is 29.5 Å². The highest BCUT2D eigenvalue weighted by Gasteiger charge is 2.46. The predicted molar refractivity (Wildman–Crippen MR) is 417 cm³/mol. The Bertz CT molecular complexity index is 4980. The van der Waals surface area contributed by atoms with Gasteiger partial charge in [-0.05, 0) is 107 Å². The van der Waals surface area contributed by atoms with Crippen LogP contribution >= 0.6 is 20.4 Å². The lowest BCUT2D eigenvalue weighted by molar-refractivity contribution is -0.160. The second kappa shape index (κ2) is 37.5. The first-order valence-electron chi connectivity index (χ1n) is 36.6. The van der Waals surface area contributed by atoms with Crippen molar-refractivity contribution in [2.75, 3.05) is 88.8 Å². The predicted octanol–water partition coefficient (Wildman–Crippen LogP) is 12.0. The first kappa shape index (κ1) is 80.0. The van der Waals surface area contributed by atoms with Crippen molar-refractivity contribution >= 4 is 89.9 Å². The van der Waals surface area contributed by atoms with Crippen molar-refractivity contribution in [3.8, 4) is 28.7 Å². The van der Waals surface area contributed by atoms with Gasteiger partial charge in [0, 0.05) is 68.6 Å². The Balaban J connectivity index is 0.750. The summed E-state index contributed by atoms with van der Waals surface area (Å²) < 4.78 is 72.9. The van der Waals surface area contributed by atoms with Crippen molar-refractivity contribution in [1.29, 1.82) is 5.26 Å². The molecule has 33 heteroatoms. The summed E-state index contributed by atoms with van der Waals surface area (Å²) in [6.07, 6.45) is -2.20. The number of amides is 4. The molecule has 10 aromatic rings. The molecule has 13 rings (SSSR count). The van der Waals surface area contributed by atoms with Crippen LogP contribution in [0.15, 0.2) is 175 Å². The second-order valence-corrected chi connectivity index (χ2v) is 28.9. The molecule has 0 saturated carbocycles. The van der Waals surface area contributed by atoms with Gasteiger partial charge in [-0.1, -0.05) is 103 Å². The number of ketones is 1. The lowest BCUT2D eigenvalue weighted by atomic mass is 9.80. The third-order valence-electron chi connectivity index (χ3n) is 19.4. The molecule has 31 nitrogen and oxygen atoms in total. The standard InChI is InChI=1S/C80H84N13O18PS/c1-49(94)22-35-69(96)110-62-41-67(92-47-84-70-72(82-46-83-73(70)92)88-75(97)50-23-29-54(30-24-50)86-78(99)103-39-40-113-5)109-65(62)45-107-112(106-38-14-36-81)111-63-42-68(108-64(63)44-105-80(51-15-7-6-8-16-51,52-25-31-55(101-3)32-26-52)53-27-33-56(102-4)34-28-53)93-48-85-71-74(93)89-77(90-76(71)98)87-66(95)21-13-37-91(2)79(100)104-43-61-59-19-11-9-17-57(59)58-18-10-12-20-60(58)61/h6-12,15-20,23-34,46-48,61-65,67-69,96H,13-14,21-22,35,37-45H2,1-5H3,(H,86,99)(H,82,83,88,97)(H2,87,89,90,95,98)/t62?,63?,64-,65-,67-,68-,69?,112?/m1/s1. The molecule has 113 heavy (non-hydrogen) atoms. The number of thioether (sulfide) groups is 1. The Morgan fingerprint density at radius 3 is 2.00 bits per heavy atom. The average Bonchev–Trinajstić information content (AvgIpc) is 1.44. The van der Waals surface area contributed by atoms with E-state index < -0.39 is 86.9 Å². The third kappa shape index (κ3) is 19.0. The molecular formula is C80H84N13O18PS. The number of ether oxygens (including phenoxy) is 8. The van der Waals surface area contributed by atoms with E-state index >= 15 is 0 Å². The maximum atomic E-state index is 14.0. The molecule has 6 aromatic carbocycles. The molecular weight excluding hydrogens is 1490 g/mol. The Kier molecular flexibility index (Phi) is 26.5. The molecule has 4 amide bonds. The number of carbonyl (C=O) groups is 5. The van der Waals surface area contributed by atoms with Crippen molar-refractivity contribution < 1.29 is 80.5 Å². The average molecular weight is 1580 g/mol. The first-order valence-corrected chi connectivity index (χ1v) is 39.1. The van der Waals surface area contributed by atoms with Gasteiger partial charge in [0.2, 0.25) is 11.9 Å². The van der Waals surface area contributed by atoms with Gasteiger partial charge in [0.25, 0.3) is 11.5 Å². The van der Waals surface area contributed by atoms with Crippen molar-refractivity contribution in [2.24, 2.45) is 0 Å². The quantitative estimate of drug-likeness (QED) is 0.0105. The van der Waals surface area contributed by atoms with E-state index in [-0.39, 0.29) is 136 Å². The molecule has 2 aliphatic heterocycles. The minimum atomic E-state index is -2.49. The number of imidazole rings is 2. The van der Waals surface area contributed by atoms with E-state index in [1.54, 1.807) is 42.5 Å². The lowest BCUT2D eigenvalue weighted by Crippen LogP contribution is -2.38. The van der Waals surface area contributed by atoms with Crippen LogP contribution in [0.4, 0.5) is 27.0 Å². The van der Waals surface area contributed by atoms with E-state index in [2.05, 4.69) is 59.1 Å². The van der Waals surface area contributed by atoms with Crippen LogP contribution in [0.2, 0.25) is 0 Å². The number of rotatable bonds is 36. The number of hydrogen-bond acceptors (Lipinski definition) is 25. The number of aliphatic hydroxyl groups is 1. The number of hydrogen-bond donors (Lipinski definition) is 5. The van der Waals surface area contributed by atoms with Crippen LogP contribution in [0.5, 0.6) is 11.5 Å². The van der Waals surface area contributed by atoms with Crippen LogP contribution in [-0.2, 0) is 57.2 Å². The van der Waals surface area contributed by atoms with Gasteiger partial charge in [0.05, 0.1) is 71.4 Å². The van der Waals surface area contributed by atoms with E-state index in [0.29, 0.717) is 34.1 Å². The molecule has 2 saturated heterocycles. The fraction of sp³-hybridized carbons (Fsp3) is 0.350. The van der Waals surface area contributed by atoms with Crippen molar-refractivity contribution in [2.45, 2.75) is 107 Å². The highest BCUT2D eigenvalue weighted by Crippen LogP contribution is 2.50. The Labute approximate surface area is 654 Å². The fourth-order valence-electron chi connectivity index (χ4n) is 13.8. The molecule has 0 radical (unpaired) electrons. The van der Waals surface area contributed by atoms with E-state index in [9.17, 15) is 39.1 Å². The monoisotopic (exact) mass is 1580 g/mol. The summed E-state index contributed by atoms with van der Waals surface area (Å²) in [6.45, 7) is 1.30. The highest BCUT2D eigenvalue weighted by molar-refractivity contribution is 7.98. The number of nitriles is 1. The van der Waals surface area contributed by atoms with Crippen LogP contribution in [0, 0.1) is 11.3 Å². The molecule has 0 spiro atoms. The zero-order valence-electron chi connectivity index (χ0n) is 62.5. The number of fused-ring (bicyclic) bond motifs is 5. The highest BCUT2D eigenvalue weighted by atomic mass is 32.2. The smallest absolute Gasteiger partial charge is 0.411 e. The number of aromatic amines is 1. The molecule has 3 aliphatic rings. The van der Waals surface area contributed by atoms with Crippen LogP contribution < -0.4 is 31.0 Å². The number of H-pyrrole nitrogens is 1. The zero-order chi connectivity index (χ0) is 79.0. The molecule has 8 atom stereocenters. The van der Waals surface area contributed by atoms with Crippen molar-refractivity contribution in [3.63, 3.8) is 0 Å². The van der Waals surface area contributed by atoms with Gasteiger partial charge in [-0.2, -0.15) is 22.0 Å². The number of methoxy groups -OCH3 is 2. The topological polar surface area (TPSA) is 377 Å². The number of aromatic nitrogens is 8. The van der Waals surface area contributed by atoms with E-state index in [1.165, 1.54) is 54.7 Å². The number of aliphatic hydroxyl groups excluding tert-OH is 1. The summed E-state index contributed by atoms with van der Waals surface area (Å²) in [6, 6.07) is 49.0. The van der Waals surface area contributed by atoms with Gasteiger partial charge in [-0.15, -0.1) is 0 Å². The lowest BCUT2D eigenvalue weighted by Gasteiger charge is -2.37. The SMILES string of the molecule is COc1ccc(C(OC[C@H]2O[C@@H](n3cnc4c(=O)[nH]c(NC(=O)CCCN(C)C(=O)OCC5c6ccccc6-c6ccccc65)nc43)CC2OP(OCCC#N)OC[C@H]2O[C@@H](n3cnc4c(NC(=O)c5ccc(NC(=O)OCCSC)cc5)ncnc43)CC2OC(O)CCC(C)=O)(c2ccccc2)c2ccc(OC)cc2)cc1. The van der Waals surface area contributed by atoms with E-state index in [4.69, 9.17) is 56.5 Å². The number of carbonyl (C=O) groups excluding carboxylic acids is 5. The van der Waals surface area contributed by atoms with Crippen molar-refractivity contribution in [1.82, 2.24) is 43.9 Å². The van der Waals surface area contributed by atoms with Gasteiger partial charge < -0.3 is 71.6 Å². The fourth-order valence-corrected chi connectivity index (χ4v) is 15.2.